The molecule has 3 aromatic rings. The normalized spacial score (nSPS) is 13.8. The number of carbonyl (C=O) groups excluding carboxylic acids is 1. The van der Waals surface area contributed by atoms with Crippen LogP contribution in [0.5, 0.6) is 5.75 Å². The Morgan fingerprint density at radius 2 is 1.88 bits per heavy atom. The summed E-state index contributed by atoms with van der Waals surface area (Å²) >= 11 is 0. The molecule has 1 aromatic heterocycles. The largest absolute Gasteiger partial charge is 0.497 e. The van der Waals surface area contributed by atoms with Gasteiger partial charge in [0.25, 0.3) is 0 Å². The van der Waals surface area contributed by atoms with Crippen LogP contribution in [-0.4, -0.2) is 69.5 Å². The Labute approximate surface area is 199 Å². The number of hydrogen-bond acceptors (Lipinski definition) is 6. The SMILES string of the molecule is COCC(=O)N(CCc1ccc(F)cc1)Cc1cc2ccc(OC)cc2nc1N1CCOCC1. The van der Waals surface area contributed by atoms with Crippen molar-refractivity contribution >= 4 is 22.6 Å². The van der Waals surface area contributed by atoms with Gasteiger partial charge in [-0.05, 0) is 42.3 Å². The van der Waals surface area contributed by atoms with Crippen LogP contribution in [0.1, 0.15) is 11.1 Å². The molecule has 4 rings (SSSR count). The van der Waals surface area contributed by atoms with Crippen LogP contribution in [0.4, 0.5) is 10.2 Å². The van der Waals surface area contributed by atoms with Gasteiger partial charge in [0, 0.05) is 50.3 Å². The number of methoxy groups -OCH3 is 2. The zero-order valence-corrected chi connectivity index (χ0v) is 19.6. The minimum atomic E-state index is -0.273. The van der Waals surface area contributed by atoms with Crippen LogP contribution in [0.15, 0.2) is 48.5 Å². The fourth-order valence-corrected chi connectivity index (χ4v) is 4.10. The first-order valence-electron chi connectivity index (χ1n) is 11.4. The van der Waals surface area contributed by atoms with Gasteiger partial charge in [0.15, 0.2) is 0 Å². The number of halogens is 1. The van der Waals surface area contributed by atoms with E-state index in [2.05, 4.69) is 11.0 Å². The smallest absolute Gasteiger partial charge is 0.248 e. The van der Waals surface area contributed by atoms with Crippen molar-refractivity contribution in [3.05, 3.63) is 65.5 Å². The van der Waals surface area contributed by atoms with Crippen LogP contribution in [0.25, 0.3) is 10.9 Å². The Morgan fingerprint density at radius 3 is 2.59 bits per heavy atom. The summed E-state index contributed by atoms with van der Waals surface area (Å²) in [5.74, 6) is 1.22. The number of aromatic nitrogens is 1. The molecule has 0 saturated carbocycles. The summed E-state index contributed by atoms with van der Waals surface area (Å²) in [5.41, 5.74) is 2.77. The number of ether oxygens (including phenoxy) is 3. The van der Waals surface area contributed by atoms with Gasteiger partial charge < -0.3 is 24.0 Å². The van der Waals surface area contributed by atoms with E-state index in [1.54, 1.807) is 24.1 Å². The summed E-state index contributed by atoms with van der Waals surface area (Å²) in [6.45, 7) is 3.60. The summed E-state index contributed by atoms with van der Waals surface area (Å²) in [6.07, 6.45) is 0.612. The average Bonchev–Trinajstić information content (AvgIpc) is 2.87. The number of fused-ring (bicyclic) bond motifs is 1. The molecule has 0 spiro atoms. The van der Waals surface area contributed by atoms with Gasteiger partial charge in [0.1, 0.15) is 24.0 Å². The van der Waals surface area contributed by atoms with E-state index in [0.29, 0.717) is 32.7 Å². The molecule has 0 N–H and O–H groups in total. The third-order valence-corrected chi connectivity index (χ3v) is 5.96. The number of morpholine rings is 1. The molecule has 7 nitrogen and oxygen atoms in total. The molecule has 8 heteroatoms. The predicted molar refractivity (Wildman–Crippen MR) is 129 cm³/mol. The van der Waals surface area contributed by atoms with Crippen molar-refractivity contribution < 1.29 is 23.4 Å². The number of anilines is 1. The fraction of sp³-hybridized carbons (Fsp3) is 0.385. The molecular formula is C26H30FN3O4. The van der Waals surface area contributed by atoms with Crippen molar-refractivity contribution in [1.82, 2.24) is 9.88 Å². The molecule has 2 heterocycles. The molecule has 1 aliphatic heterocycles. The van der Waals surface area contributed by atoms with Crippen LogP contribution in [0.2, 0.25) is 0 Å². The minimum absolute atomic E-state index is 0.00544. The van der Waals surface area contributed by atoms with Crippen LogP contribution in [-0.2, 0) is 27.2 Å². The number of benzene rings is 2. The second kappa shape index (κ2) is 11.3. The highest BCUT2D eigenvalue weighted by atomic mass is 19.1. The van der Waals surface area contributed by atoms with Crippen LogP contribution in [0, 0.1) is 5.82 Å². The van der Waals surface area contributed by atoms with E-state index < -0.39 is 0 Å². The molecule has 0 bridgehead atoms. The third-order valence-electron chi connectivity index (χ3n) is 5.96. The zero-order valence-electron chi connectivity index (χ0n) is 19.6. The highest BCUT2D eigenvalue weighted by Gasteiger charge is 2.21. The molecule has 1 saturated heterocycles. The lowest BCUT2D eigenvalue weighted by Gasteiger charge is -2.31. The van der Waals surface area contributed by atoms with E-state index in [-0.39, 0.29) is 18.3 Å². The van der Waals surface area contributed by atoms with E-state index in [0.717, 1.165) is 46.7 Å². The molecule has 0 radical (unpaired) electrons. The molecule has 0 aliphatic carbocycles. The zero-order chi connectivity index (χ0) is 23.9. The molecule has 34 heavy (non-hydrogen) atoms. The van der Waals surface area contributed by atoms with Crippen molar-refractivity contribution in [2.45, 2.75) is 13.0 Å². The van der Waals surface area contributed by atoms with E-state index >= 15 is 0 Å². The van der Waals surface area contributed by atoms with Gasteiger partial charge in [-0.25, -0.2) is 9.37 Å². The van der Waals surface area contributed by atoms with Crippen molar-refractivity contribution in [3.8, 4) is 5.75 Å². The molecule has 1 aliphatic rings. The summed E-state index contributed by atoms with van der Waals surface area (Å²) in [5, 5.41) is 0.977. The molecule has 0 atom stereocenters. The number of hydrogen-bond donors (Lipinski definition) is 0. The lowest BCUT2D eigenvalue weighted by Crippen LogP contribution is -2.39. The summed E-state index contributed by atoms with van der Waals surface area (Å²) < 4.78 is 29.3. The quantitative estimate of drug-likeness (QED) is 0.481. The Kier molecular flexibility index (Phi) is 7.92. The molecule has 2 aromatic carbocycles. The highest BCUT2D eigenvalue weighted by Crippen LogP contribution is 2.28. The average molecular weight is 468 g/mol. The Morgan fingerprint density at radius 1 is 1.12 bits per heavy atom. The maximum Gasteiger partial charge on any atom is 0.248 e. The van der Waals surface area contributed by atoms with Crippen molar-refractivity contribution in [2.75, 3.05) is 58.6 Å². The fourth-order valence-electron chi connectivity index (χ4n) is 4.10. The first kappa shape index (κ1) is 23.9. The second-order valence-electron chi connectivity index (χ2n) is 8.25. The van der Waals surface area contributed by atoms with Gasteiger partial charge in [-0.3, -0.25) is 4.79 Å². The van der Waals surface area contributed by atoms with Gasteiger partial charge in [-0.2, -0.15) is 0 Å². The van der Waals surface area contributed by atoms with E-state index in [1.165, 1.54) is 19.2 Å². The summed E-state index contributed by atoms with van der Waals surface area (Å²) in [4.78, 5) is 21.9. The Balaban J connectivity index is 1.65. The molecule has 0 unspecified atom stereocenters. The van der Waals surface area contributed by atoms with Gasteiger partial charge in [0.05, 0.1) is 25.8 Å². The van der Waals surface area contributed by atoms with Gasteiger partial charge >= 0.3 is 0 Å². The first-order chi connectivity index (χ1) is 16.6. The Hall–Kier alpha value is -3.23. The van der Waals surface area contributed by atoms with Crippen LogP contribution >= 0.6 is 0 Å². The monoisotopic (exact) mass is 467 g/mol. The Bertz CT molecular complexity index is 1120. The first-order valence-corrected chi connectivity index (χ1v) is 11.4. The van der Waals surface area contributed by atoms with Crippen LogP contribution < -0.4 is 9.64 Å². The van der Waals surface area contributed by atoms with Crippen LogP contribution in [0.3, 0.4) is 0 Å². The van der Waals surface area contributed by atoms with Crippen molar-refractivity contribution in [1.29, 1.82) is 0 Å². The minimum Gasteiger partial charge on any atom is -0.497 e. The van der Waals surface area contributed by atoms with Crippen molar-refractivity contribution in [2.24, 2.45) is 0 Å². The van der Waals surface area contributed by atoms with E-state index in [4.69, 9.17) is 19.2 Å². The number of pyridine rings is 1. The lowest BCUT2D eigenvalue weighted by atomic mass is 10.1. The number of amides is 1. The maximum absolute atomic E-state index is 13.3. The van der Waals surface area contributed by atoms with Gasteiger partial charge in [-0.1, -0.05) is 12.1 Å². The highest BCUT2D eigenvalue weighted by molar-refractivity contribution is 5.84. The van der Waals surface area contributed by atoms with Crippen molar-refractivity contribution in [3.63, 3.8) is 0 Å². The molecule has 1 fully saturated rings. The predicted octanol–water partition coefficient (Wildman–Crippen LogP) is 3.44. The maximum atomic E-state index is 13.3. The molecule has 180 valence electrons. The van der Waals surface area contributed by atoms with Gasteiger partial charge in [-0.15, -0.1) is 0 Å². The summed E-state index contributed by atoms with van der Waals surface area (Å²) in [7, 11) is 3.15. The number of nitrogens with zero attached hydrogens (tertiary/aromatic N) is 3. The van der Waals surface area contributed by atoms with Gasteiger partial charge in [0.2, 0.25) is 5.91 Å². The van der Waals surface area contributed by atoms with E-state index in [9.17, 15) is 9.18 Å². The molecule has 1 amide bonds. The third kappa shape index (κ3) is 5.81. The number of carbonyl (C=O) groups is 1. The topological polar surface area (TPSA) is 64.1 Å². The standard InChI is InChI=1S/C26H30FN3O4/c1-32-18-25(31)30(10-9-19-3-6-22(27)7-4-19)17-21-15-20-5-8-23(33-2)16-24(20)28-26(21)29-11-13-34-14-12-29/h3-8,15-16H,9-14,17-18H2,1-2H3. The second-order valence-corrected chi connectivity index (χ2v) is 8.25. The number of rotatable bonds is 9. The summed E-state index contributed by atoms with van der Waals surface area (Å²) in [6, 6.07) is 14.3. The van der Waals surface area contributed by atoms with E-state index in [1.807, 2.05) is 18.2 Å². The molecular weight excluding hydrogens is 437 g/mol. The lowest BCUT2D eigenvalue weighted by molar-refractivity contribution is -0.135.